The first-order valence-corrected chi connectivity index (χ1v) is 9.37. The molecule has 26 heavy (non-hydrogen) atoms. The van der Waals surface area contributed by atoms with Crippen LogP contribution >= 0.6 is 23.4 Å². The summed E-state index contributed by atoms with van der Waals surface area (Å²) in [7, 11) is 0. The maximum Gasteiger partial charge on any atom is 0.272 e. The highest BCUT2D eigenvalue weighted by atomic mass is 35.5. The largest absolute Gasteiger partial charge is 0.272 e. The smallest absolute Gasteiger partial charge is 0.268 e. The highest BCUT2D eigenvalue weighted by Gasteiger charge is 2.40. The molecule has 0 unspecified atom stereocenters. The fourth-order valence-electron chi connectivity index (χ4n) is 2.68. The van der Waals surface area contributed by atoms with Crippen molar-refractivity contribution in [1.29, 1.82) is 0 Å². The Bertz CT molecular complexity index is 922. The molecule has 0 atom stereocenters. The van der Waals surface area contributed by atoms with Crippen LogP contribution < -0.4 is 4.90 Å². The van der Waals surface area contributed by atoms with Crippen LogP contribution in [0.1, 0.15) is 25.0 Å². The lowest BCUT2D eigenvalue weighted by molar-refractivity contribution is -0.119. The van der Waals surface area contributed by atoms with Gasteiger partial charge in [0.15, 0.2) is 0 Å². The van der Waals surface area contributed by atoms with Crippen LogP contribution in [0.4, 0.5) is 10.1 Å². The zero-order valence-electron chi connectivity index (χ0n) is 14.5. The summed E-state index contributed by atoms with van der Waals surface area (Å²) >= 11 is 7.50. The Balaban J connectivity index is 2.10. The zero-order chi connectivity index (χ0) is 19.0. The van der Waals surface area contributed by atoms with E-state index < -0.39 is 11.7 Å². The molecule has 1 aliphatic heterocycles. The van der Waals surface area contributed by atoms with Crippen molar-refractivity contribution in [1.82, 2.24) is 0 Å². The quantitative estimate of drug-likeness (QED) is 0.673. The lowest BCUT2D eigenvalue weighted by Crippen LogP contribution is -2.31. The minimum Gasteiger partial charge on any atom is -0.268 e. The summed E-state index contributed by atoms with van der Waals surface area (Å²) in [6.07, 6.45) is 0. The minimum atomic E-state index is -0.426. The SMILES string of the molecule is Cc1ccc(N2C(=O)C(SC(C)C)=C(c3ccc(F)cc3)C2=O)cc1Cl. The number of aryl methyl sites for hydroxylation is 1. The molecule has 2 amide bonds. The molecule has 0 aliphatic carbocycles. The Morgan fingerprint density at radius 2 is 1.69 bits per heavy atom. The molecule has 0 N–H and O–H groups in total. The van der Waals surface area contributed by atoms with Gasteiger partial charge in [0.25, 0.3) is 11.8 Å². The van der Waals surface area contributed by atoms with Crippen molar-refractivity contribution in [2.24, 2.45) is 0 Å². The van der Waals surface area contributed by atoms with E-state index in [4.69, 9.17) is 11.6 Å². The number of thioether (sulfide) groups is 1. The molecule has 3 nitrogen and oxygen atoms in total. The monoisotopic (exact) mass is 389 g/mol. The third-order valence-corrected chi connectivity index (χ3v) is 5.43. The van der Waals surface area contributed by atoms with Crippen molar-refractivity contribution >= 4 is 46.4 Å². The Morgan fingerprint density at radius 1 is 1.04 bits per heavy atom. The van der Waals surface area contributed by atoms with Crippen molar-refractivity contribution in [3.05, 3.63) is 69.3 Å². The van der Waals surface area contributed by atoms with Gasteiger partial charge < -0.3 is 0 Å². The average molecular weight is 390 g/mol. The van der Waals surface area contributed by atoms with Crippen LogP contribution in [0.2, 0.25) is 5.02 Å². The molecular formula is C20H17ClFNO2S. The first kappa shape index (κ1) is 18.7. The molecule has 1 heterocycles. The van der Waals surface area contributed by atoms with E-state index in [1.54, 1.807) is 18.2 Å². The predicted octanol–water partition coefficient (Wildman–Crippen LogP) is 5.21. The van der Waals surface area contributed by atoms with Gasteiger partial charge in [0.1, 0.15) is 5.82 Å². The summed E-state index contributed by atoms with van der Waals surface area (Å²) in [5, 5.41) is 0.593. The number of anilines is 1. The van der Waals surface area contributed by atoms with Crippen molar-refractivity contribution in [2.75, 3.05) is 4.90 Å². The molecule has 1 aliphatic rings. The van der Waals surface area contributed by atoms with Gasteiger partial charge in [-0.1, -0.05) is 43.6 Å². The third kappa shape index (κ3) is 3.41. The number of carbonyl (C=O) groups excluding carboxylic acids is 2. The van der Waals surface area contributed by atoms with Crippen molar-refractivity contribution in [3.63, 3.8) is 0 Å². The molecule has 0 saturated carbocycles. The number of amides is 2. The van der Waals surface area contributed by atoms with Gasteiger partial charge >= 0.3 is 0 Å². The fourth-order valence-corrected chi connectivity index (χ4v) is 3.84. The van der Waals surface area contributed by atoms with Gasteiger partial charge in [0, 0.05) is 10.3 Å². The average Bonchev–Trinajstić information content (AvgIpc) is 2.81. The number of halogens is 2. The van der Waals surface area contributed by atoms with E-state index in [2.05, 4.69) is 0 Å². The molecule has 0 saturated heterocycles. The van der Waals surface area contributed by atoms with E-state index >= 15 is 0 Å². The second kappa shape index (κ2) is 7.25. The lowest BCUT2D eigenvalue weighted by atomic mass is 10.1. The van der Waals surface area contributed by atoms with Crippen molar-refractivity contribution in [2.45, 2.75) is 26.0 Å². The van der Waals surface area contributed by atoms with Gasteiger partial charge in [-0.15, -0.1) is 11.8 Å². The summed E-state index contributed by atoms with van der Waals surface area (Å²) in [5.74, 6) is -1.20. The van der Waals surface area contributed by atoms with E-state index in [1.165, 1.54) is 36.0 Å². The van der Waals surface area contributed by atoms with Gasteiger partial charge in [-0.05, 0) is 42.3 Å². The van der Waals surface area contributed by atoms with Crippen LogP contribution in [0.25, 0.3) is 5.57 Å². The number of benzene rings is 2. The van der Waals surface area contributed by atoms with E-state index in [0.717, 1.165) is 10.5 Å². The second-order valence-electron chi connectivity index (χ2n) is 6.26. The maximum absolute atomic E-state index is 13.3. The zero-order valence-corrected chi connectivity index (χ0v) is 16.1. The molecule has 3 rings (SSSR count). The van der Waals surface area contributed by atoms with Gasteiger partial charge in [0.2, 0.25) is 0 Å². The van der Waals surface area contributed by atoms with Gasteiger partial charge in [0.05, 0.1) is 16.2 Å². The maximum atomic E-state index is 13.3. The second-order valence-corrected chi connectivity index (χ2v) is 8.25. The first-order chi connectivity index (χ1) is 12.3. The summed E-state index contributed by atoms with van der Waals surface area (Å²) in [6.45, 7) is 5.74. The Labute approximate surface area is 160 Å². The third-order valence-electron chi connectivity index (χ3n) is 3.94. The number of rotatable bonds is 4. The number of nitrogens with zero attached hydrogens (tertiary/aromatic N) is 1. The van der Waals surface area contributed by atoms with Crippen LogP contribution in [0.3, 0.4) is 0 Å². The minimum absolute atomic E-state index is 0.110. The fraction of sp³-hybridized carbons (Fsp3) is 0.200. The first-order valence-electron chi connectivity index (χ1n) is 8.11. The van der Waals surface area contributed by atoms with E-state index in [-0.39, 0.29) is 11.2 Å². The number of imide groups is 1. The lowest BCUT2D eigenvalue weighted by Gasteiger charge is -2.16. The van der Waals surface area contributed by atoms with Gasteiger partial charge in [-0.2, -0.15) is 0 Å². The van der Waals surface area contributed by atoms with Crippen LogP contribution in [-0.4, -0.2) is 17.1 Å². The van der Waals surface area contributed by atoms with Crippen LogP contribution in [0.5, 0.6) is 0 Å². The molecule has 0 spiro atoms. The Kier molecular flexibility index (Phi) is 5.21. The van der Waals surface area contributed by atoms with Crippen LogP contribution in [0.15, 0.2) is 47.4 Å². The summed E-state index contributed by atoms with van der Waals surface area (Å²) in [5.41, 5.74) is 2.10. The van der Waals surface area contributed by atoms with E-state index in [9.17, 15) is 14.0 Å². The normalized spacial score (nSPS) is 14.8. The van der Waals surface area contributed by atoms with E-state index in [0.29, 0.717) is 26.8 Å². The van der Waals surface area contributed by atoms with Crippen molar-refractivity contribution in [3.8, 4) is 0 Å². The summed E-state index contributed by atoms with van der Waals surface area (Å²) < 4.78 is 13.3. The molecule has 2 aromatic rings. The van der Waals surface area contributed by atoms with Crippen LogP contribution in [0, 0.1) is 12.7 Å². The predicted molar refractivity (Wildman–Crippen MR) is 105 cm³/mol. The van der Waals surface area contributed by atoms with E-state index in [1.807, 2.05) is 20.8 Å². The summed E-state index contributed by atoms with van der Waals surface area (Å²) in [6, 6.07) is 10.7. The summed E-state index contributed by atoms with van der Waals surface area (Å²) in [4.78, 5) is 27.6. The molecule has 0 radical (unpaired) electrons. The highest BCUT2D eigenvalue weighted by Crippen LogP contribution is 2.40. The molecule has 0 fully saturated rings. The molecule has 0 bridgehead atoms. The topological polar surface area (TPSA) is 37.4 Å². The molecule has 134 valence electrons. The van der Waals surface area contributed by atoms with Gasteiger partial charge in [-0.25, -0.2) is 9.29 Å². The molecule has 6 heteroatoms. The van der Waals surface area contributed by atoms with Crippen LogP contribution in [-0.2, 0) is 9.59 Å². The number of carbonyl (C=O) groups is 2. The highest BCUT2D eigenvalue weighted by molar-refractivity contribution is 8.04. The molecule has 2 aromatic carbocycles. The number of hydrogen-bond acceptors (Lipinski definition) is 3. The molecular weight excluding hydrogens is 373 g/mol. The molecule has 0 aromatic heterocycles. The Morgan fingerprint density at radius 3 is 2.27 bits per heavy atom. The standard InChI is InChI=1S/C20H17ClFNO2S/c1-11(2)26-18-17(13-5-7-14(22)8-6-13)19(24)23(20(18)25)15-9-4-12(3)16(21)10-15/h4-11H,1-3H3. The Hall–Kier alpha value is -2.11. The number of hydrogen-bond donors (Lipinski definition) is 0. The van der Waals surface area contributed by atoms with Gasteiger partial charge in [-0.3, -0.25) is 9.59 Å². The van der Waals surface area contributed by atoms with Crippen molar-refractivity contribution < 1.29 is 14.0 Å².